The van der Waals surface area contributed by atoms with Crippen molar-refractivity contribution in [2.45, 2.75) is 44.6 Å². The molecule has 1 aromatic rings. The normalized spacial score (nSPS) is 30.7. The average molecular weight is 534 g/mol. The van der Waals surface area contributed by atoms with Gasteiger partial charge in [0.1, 0.15) is 5.92 Å². The molecule has 2 bridgehead atoms. The second-order valence-electron chi connectivity index (χ2n) is 11.6. The maximum atomic E-state index is 13.8. The number of nitrogens with one attached hydrogen (secondary N) is 1. The van der Waals surface area contributed by atoms with Gasteiger partial charge in [-0.15, -0.1) is 0 Å². The quantitative estimate of drug-likeness (QED) is 0.457. The van der Waals surface area contributed by atoms with Crippen LogP contribution in [0, 0.1) is 29.1 Å². The number of amides is 1. The largest absolute Gasteiger partial charge is 0.337 e. The lowest BCUT2D eigenvalue weighted by molar-refractivity contribution is -0.151. The lowest BCUT2D eigenvalue weighted by Crippen LogP contribution is -2.61. The monoisotopic (exact) mass is 533 g/mol. The van der Waals surface area contributed by atoms with E-state index in [-0.39, 0.29) is 62.9 Å². The highest BCUT2D eigenvalue weighted by Gasteiger charge is 2.59. The number of likely N-dealkylation sites (tertiary alicyclic amines) is 1. The summed E-state index contributed by atoms with van der Waals surface area (Å²) in [7, 11) is -7.55. The summed E-state index contributed by atoms with van der Waals surface area (Å²) in [4.78, 5) is 33.8. The van der Waals surface area contributed by atoms with Crippen molar-refractivity contribution in [3.8, 4) is 0 Å². The summed E-state index contributed by atoms with van der Waals surface area (Å²) in [5.74, 6) is -2.53. The smallest absolute Gasteiger partial charge is 0.239 e. The molecule has 5 rings (SSSR count). The minimum absolute atomic E-state index is 0.0114. The second kappa shape index (κ2) is 8.24. The van der Waals surface area contributed by atoms with Gasteiger partial charge in [0, 0.05) is 24.2 Å². The molecule has 1 N–H and O–H groups in total. The molecule has 0 aromatic heterocycles. The number of carbonyl (C=O) groups excluding carboxylic acids is 2. The number of piperidine rings is 1. The van der Waals surface area contributed by atoms with E-state index in [9.17, 15) is 26.4 Å². The van der Waals surface area contributed by atoms with Crippen LogP contribution in [0.4, 0.5) is 11.4 Å². The number of aliphatic imine (C=N–C) groups is 1. The Morgan fingerprint density at radius 2 is 1.83 bits per heavy atom. The Morgan fingerprint density at radius 1 is 1.14 bits per heavy atom. The number of fused-ring (bicyclic) bond motifs is 6. The number of sulfonamides is 1. The highest BCUT2D eigenvalue weighted by molar-refractivity contribution is 7.92. The van der Waals surface area contributed by atoms with E-state index in [1.807, 2.05) is 4.90 Å². The van der Waals surface area contributed by atoms with Crippen molar-refractivity contribution in [2.24, 2.45) is 34.1 Å². The fraction of sp³-hybridized carbons (Fsp3) is 0.560. The number of carbonyl (C=O) groups is 2. The minimum atomic E-state index is -3.95. The maximum Gasteiger partial charge on any atom is 0.239 e. The SMILES string of the molecule is CC(C)(C)CCN1C(=O)C(C2=Nc3ccc(NS(C)(=O)=O)cc3S(=O)(=O)C2)C(=O)C2C3C=CC(C3)C21. The predicted octanol–water partition coefficient (Wildman–Crippen LogP) is 2.57. The molecule has 1 saturated heterocycles. The van der Waals surface area contributed by atoms with Crippen LogP contribution in [-0.4, -0.2) is 63.7 Å². The molecule has 9 nitrogen and oxygen atoms in total. The van der Waals surface area contributed by atoms with Crippen molar-refractivity contribution in [1.82, 2.24) is 4.90 Å². The standard InChI is InChI=1S/C25H31N3O6S2/c1-25(2,3)9-10-28-22-15-6-5-14(11-15)20(22)23(29)21(24(28)30)18-13-36(33,34)19-12-16(27-35(4,31)32)7-8-17(19)26-18/h5-8,12,14-15,20-22,27H,9-11,13H2,1-4H3. The summed E-state index contributed by atoms with van der Waals surface area (Å²) in [5.41, 5.74) is 0.246. The van der Waals surface area contributed by atoms with Crippen molar-refractivity contribution in [3.05, 3.63) is 30.4 Å². The Morgan fingerprint density at radius 3 is 2.50 bits per heavy atom. The van der Waals surface area contributed by atoms with Gasteiger partial charge in [-0.3, -0.25) is 19.3 Å². The number of ketones is 1. The summed E-state index contributed by atoms with van der Waals surface area (Å²) in [6, 6.07) is 3.86. The van der Waals surface area contributed by atoms with Gasteiger partial charge in [-0.25, -0.2) is 16.8 Å². The molecule has 2 aliphatic carbocycles. The van der Waals surface area contributed by atoms with Gasteiger partial charge in [0.15, 0.2) is 15.6 Å². The molecule has 5 unspecified atom stereocenters. The molecule has 0 spiro atoms. The number of benzene rings is 1. The Bertz CT molecular complexity index is 1420. The molecule has 194 valence electrons. The number of hydrogen-bond acceptors (Lipinski definition) is 7. The molecule has 5 atom stereocenters. The van der Waals surface area contributed by atoms with Crippen molar-refractivity contribution in [1.29, 1.82) is 0 Å². The van der Waals surface area contributed by atoms with E-state index >= 15 is 0 Å². The van der Waals surface area contributed by atoms with Gasteiger partial charge in [-0.1, -0.05) is 32.9 Å². The van der Waals surface area contributed by atoms with Gasteiger partial charge in [0.05, 0.1) is 28.3 Å². The topological polar surface area (TPSA) is 130 Å². The van der Waals surface area contributed by atoms with E-state index in [0.717, 1.165) is 19.1 Å². The zero-order valence-electron chi connectivity index (χ0n) is 20.8. The maximum absolute atomic E-state index is 13.8. The van der Waals surface area contributed by atoms with Crippen molar-refractivity contribution < 1.29 is 26.4 Å². The van der Waals surface area contributed by atoms with E-state index in [1.54, 1.807) is 0 Å². The first kappa shape index (κ1) is 25.1. The molecular formula is C25H31N3O6S2. The number of anilines is 1. The molecule has 2 heterocycles. The van der Waals surface area contributed by atoms with Crippen molar-refractivity contribution in [3.63, 3.8) is 0 Å². The first-order valence-corrected chi connectivity index (χ1v) is 15.6. The number of Topliss-reactive ketones (excluding diaryl/α,β-unsaturated/α-hetero) is 1. The van der Waals surface area contributed by atoms with Crippen molar-refractivity contribution >= 4 is 48.6 Å². The van der Waals surface area contributed by atoms with E-state index in [1.165, 1.54) is 18.2 Å². The van der Waals surface area contributed by atoms with Gasteiger partial charge in [0.25, 0.3) is 0 Å². The van der Waals surface area contributed by atoms with Crippen molar-refractivity contribution in [2.75, 3.05) is 23.3 Å². The number of sulfone groups is 1. The summed E-state index contributed by atoms with van der Waals surface area (Å²) in [5, 5.41) is 0. The van der Waals surface area contributed by atoms with Crippen LogP contribution in [0.1, 0.15) is 33.6 Å². The number of rotatable bonds is 5. The van der Waals surface area contributed by atoms with Gasteiger partial charge in [-0.05, 0) is 48.3 Å². The molecule has 11 heteroatoms. The highest BCUT2D eigenvalue weighted by atomic mass is 32.2. The third-order valence-corrected chi connectivity index (χ3v) is 9.84. The predicted molar refractivity (Wildman–Crippen MR) is 136 cm³/mol. The Balaban J connectivity index is 1.54. The van der Waals surface area contributed by atoms with Crippen LogP contribution >= 0.6 is 0 Å². The fourth-order valence-electron chi connectivity index (χ4n) is 5.99. The Labute approximate surface area is 212 Å². The number of allylic oxidation sites excluding steroid dienone is 1. The first-order chi connectivity index (χ1) is 16.6. The molecule has 2 aliphatic heterocycles. The fourth-order valence-corrected chi connectivity index (χ4v) is 8.06. The van der Waals surface area contributed by atoms with E-state index in [0.29, 0.717) is 6.54 Å². The van der Waals surface area contributed by atoms with Gasteiger partial charge < -0.3 is 4.90 Å². The third kappa shape index (κ3) is 4.40. The Kier molecular flexibility index (Phi) is 5.75. The minimum Gasteiger partial charge on any atom is -0.337 e. The van der Waals surface area contributed by atoms with Gasteiger partial charge >= 0.3 is 0 Å². The molecule has 2 fully saturated rings. The zero-order valence-corrected chi connectivity index (χ0v) is 22.4. The van der Waals surface area contributed by atoms with Crippen LogP contribution in [0.15, 0.2) is 40.2 Å². The lowest BCUT2D eigenvalue weighted by atomic mass is 9.74. The van der Waals surface area contributed by atoms with E-state index in [4.69, 9.17) is 0 Å². The first-order valence-electron chi connectivity index (χ1n) is 12.1. The van der Waals surface area contributed by atoms with E-state index in [2.05, 4.69) is 42.6 Å². The van der Waals surface area contributed by atoms with Gasteiger partial charge in [-0.2, -0.15) is 0 Å². The van der Waals surface area contributed by atoms with Crippen LogP contribution in [0.3, 0.4) is 0 Å². The Hall–Kier alpha value is -2.53. The number of hydrogen-bond donors (Lipinski definition) is 1. The molecule has 36 heavy (non-hydrogen) atoms. The average Bonchev–Trinajstić information content (AvgIpc) is 3.34. The second-order valence-corrected chi connectivity index (χ2v) is 15.3. The van der Waals surface area contributed by atoms with Crippen LogP contribution in [-0.2, 0) is 29.4 Å². The molecule has 1 saturated carbocycles. The van der Waals surface area contributed by atoms with Crippen LogP contribution in [0.2, 0.25) is 0 Å². The van der Waals surface area contributed by atoms with E-state index < -0.39 is 31.5 Å². The zero-order chi connectivity index (χ0) is 26.2. The molecule has 1 amide bonds. The van der Waals surface area contributed by atoms with Crippen LogP contribution in [0.5, 0.6) is 0 Å². The van der Waals surface area contributed by atoms with Gasteiger partial charge in [0.2, 0.25) is 15.9 Å². The summed E-state index contributed by atoms with van der Waals surface area (Å²) >= 11 is 0. The summed E-state index contributed by atoms with van der Waals surface area (Å²) in [6.07, 6.45) is 6.73. The highest BCUT2D eigenvalue weighted by Crippen LogP contribution is 2.50. The van der Waals surface area contributed by atoms with Crippen LogP contribution < -0.4 is 4.72 Å². The molecular weight excluding hydrogens is 502 g/mol. The molecule has 0 radical (unpaired) electrons. The third-order valence-electron chi connectivity index (χ3n) is 7.56. The number of nitrogens with zero attached hydrogens (tertiary/aromatic N) is 2. The molecule has 4 aliphatic rings. The summed E-state index contributed by atoms with van der Waals surface area (Å²) in [6.45, 7) is 6.80. The van der Waals surface area contributed by atoms with Crippen LogP contribution in [0.25, 0.3) is 0 Å². The summed E-state index contributed by atoms with van der Waals surface area (Å²) < 4.78 is 51.9. The lowest BCUT2D eigenvalue weighted by Gasteiger charge is -2.45. The molecule has 1 aromatic carbocycles.